The number of aromatic nitrogens is 1. The minimum absolute atomic E-state index is 0.00671. The van der Waals surface area contributed by atoms with Crippen LogP contribution in [0.5, 0.6) is 0 Å². The molecule has 3 aliphatic heterocycles. The number of nitrogens with one attached hydrogen (secondary N) is 3. The van der Waals surface area contributed by atoms with Gasteiger partial charge in [0.25, 0.3) is 0 Å². The molecule has 3 saturated heterocycles. The summed E-state index contributed by atoms with van der Waals surface area (Å²) in [4.78, 5) is 20.5. The monoisotopic (exact) mass is 533 g/mol. The number of hydrogen-bond donors (Lipinski definition) is 4. The number of benzene rings is 1. The predicted octanol–water partition coefficient (Wildman–Crippen LogP) is 3.65. The smallest absolute Gasteiger partial charge is 0.223 e. The first kappa shape index (κ1) is 26.7. The largest absolute Gasteiger partial charge is 0.393 e. The summed E-state index contributed by atoms with van der Waals surface area (Å²) >= 11 is 0. The lowest BCUT2D eigenvalue weighted by Crippen LogP contribution is -2.58. The topological polar surface area (TPSA) is 98.8 Å². The van der Waals surface area contributed by atoms with Crippen molar-refractivity contribution in [2.75, 3.05) is 18.1 Å². The highest BCUT2D eigenvalue weighted by atomic mass is 16.5. The number of pyridine rings is 1. The first-order chi connectivity index (χ1) is 19.0. The SMILES string of the molecule is CC(C)C[C@H](NC(=O)C1CCC2NNC(c3ccc(N4[C@H]5COC[C@H]4CC(O)C5)cc3)C2C1)c1ccccn1. The number of piperidine rings is 1. The Morgan fingerprint density at radius 2 is 1.85 bits per heavy atom. The fourth-order valence-corrected chi connectivity index (χ4v) is 7.38. The molecule has 1 saturated carbocycles. The Morgan fingerprint density at radius 3 is 2.54 bits per heavy atom. The van der Waals surface area contributed by atoms with Gasteiger partial charge in [-0.2, -0.15) is 0 Å². The molecule has 0 spiro atoms. The zero-order valence-corrected chi connectivity index (χ0v) is 23.1. The molecule has 39 heavy (non-hydrogen) atoms. The van der Waals surface area contributed by atoms with E-state index in [2.05, 4.69) is 64.2 Å². The molecule has 4 unspecified atom stereocenters. The first-order valence-electron chi connectivity index (χ1n) is 14.8. The van der Waals surface area contributed by atoms with E-state index in [1.165, 1.54) is 11.3 Å². The summed E-state index contributed by atoms with van der Waals surface area (Å²) in [6.45, 7) is 5.73. The number of amides is 1. The fourth-order valence-electron chi connectivity index (χ4n) is 7.38. The number of hydrogen-bond acceptors (Lipinski definition) is 7. The molecule has 1 amide bonds. The molecule has 8 heteroatoms. The van der Waals surface area contributed by atoms with Crippen LogP contribution >= 0.6 is 0 Å². The second-order valence-corrected chi connectivity index (χ2v) is 12.5. The van der Waals surface area contributed by atoms with Crippen LogP contribution in [0.2, 0.25) is 0 Å². The lowest BCUT2D eigenvalue weighted by molar-refractivity contribution is -0.127. The zero-order chi connectivity index (χ0) is 26.9. The van der Waals surface area contributed by atoms with Gasteiger partial charge in [0.1, 0.15) is 0 Å². The van der Waals surface area contributed by atoms with Crippen molar-refractivity contribution < 1.29 is 14.6 Å². The summed E-state index contributed by atoms with van der Waals surface area (Å²) in [5.74, 6) is 0.987. The Labute approximate surface area is 231 Å². The molecule has 7 atom stereocenters. The van der Waals surface area contributed by atoms with Gasteiger partial charge in [-0.3, -0.25) is 15.2 Å². The van der Waals surface area contributed by atoms with E-state index in [0.717, 1.165) is 44.2 Å². The van der Waals surface area contributed by atoms with Crippen molar-refractivity contribution in [1.29, 1.82) is 0 Å². The van der Waals surface area contributed by atoms with E-state index in [1.54, 1.807) is 6.20 Å². The van der Waals surface area contributed by atoms with Gasteiger partial charge in [0.05, 0.1) is 49.2 Å². The van der Waals surface area contributed by atoms with Gasteiger partial charge in [0.2, 0.25) is 5.91 Å². The second-order valence-electron chi connectivity index (χ2n) is 12.5. The first-order valence-corrected chi connectivity index (χ1v) is 14.8. The Kier molecular flexibility index (Phi) is 7.89. The third-order valence-corrected chi connectivity index (χ3v) is 9.24. The Hall–Kier alpha value is -2.52. The number of anilines is 1. The molecule has 1 aliphatic carbocycles. The van der Waals surface area contributed by atoms with Crippen LogP contribution in [0.25, 0.3) is 0 Å². The van der Waals surface area contributed by atoms with E-state index in [0.29, 0.717) is 31.1 Å². The summed E-state index contributed by atoms with van der Waals surface area (Å²) in [6.07, 6.45) is 6.73. The number of aliphatic hydroxyl groups excluding tert-OH is 1. The average Bonchev–Trinajstić information content (AvgIpc) is 3.36. The van der Waals surface area contributed by atoms with Crippen LogP contribution in [0.1, 0.15) is 75.7 Å². The van der Waals surface area contributed by atoms with Crippen molar-refractivity contribution in [2.45, 2.75) is 88.7 Å². The van der Waals surface area contributed by atoms with Crippen molar-refractivity contribution in [3.05, 3.63) is 59.9 Å². The minimum atomic E-state index is -0.230. The second kappa shape index (κ2) is 11.5. The van der Waals surface area contributed by atoms with Gasteiger partial charge >= 0.3 is 0 Å². The van der Waals surface area contributed by atoms with Crippen molar-refractivity contribution in [1.82, 2.24) is 21.2 Å². The molecule has 1 aromatic heterocycles. The zero-order valence-electron chi connectivity index (χ0n) is 23.1. The lowest BCUT2D eigenvalue weighted by atomic mass is 9.74. The molecule has 2 aromatic rings. The molecule has 2 bridgehead atoms. The number of fused-ring (bicyclic) bond motifs is 3. The van der Waals surface area contributed by atoms with Gasteiger partial charge in [-0.05, 0) is 80.2 Å². The molecule has 6 rings (SSSR count). The number of nitrogens with zero attached hydrogens (tertiary/aromatic N) is 2. The minimum Gasteiger partial charge on any atom is -0.393 e. The van der Waals surface area contributed by atoms with Crippen LogP contribution in [0.4, 0.5) is 5.69 Å². The molecular formula is C31H43N5O3. The maximum absolute atomic E-state index is 13.5. The van der Waals surface area contributed by atoms with E-state index < -0.39 is 0 Å². The summed E-state index contributed by atoms with van der Waals surface area (Å²) < 4.78 is 5.79. The van der Waals surface area contributed by atoms with Crippen molar-refractivity contribution in [2.24, 2.45) is 17.8 Å². The van der Waals surface area contributed by atoms with E-state index in [-0.39, 0.29) is 42.1 Å². The number of carbonyl (C=O) groups is 1. The van der Waals surface area contributed by atoms with Crippen LogP contribution < -0.4 is 21.1 Å². The summed E-state index contributed by atoms with van der Waals surface area (Å²) in [7, 11) is 0. The Balaban J connectivity index is 1.13. The van der Waals surface area contributed by atoms with Crippen LogP contribution in [-0.4, -0.2) is 53.4 Å². The van der Waals surface area contributed by atoms with Crippen molar-refractivity contribution in [3.8, 4) is 0 Å². The van der Waals surface area contributed by atoms with Gasteiger partial charge in [0.15, 0.2) is 0 Å². The standard InChI is InChI=1S/C31H43N5O3/c1-19(2)13-29(28-5-3-4-12-32-28)33-31(38)21-8-11-27-26(14-21)30(35-34-27)20-6-9-22(10-7-20)36-23-15-25(37)16-24(36)18-39-17-23/h3-7,9-10,12,19,21,23-27,29-30,34-35,37H,8,11,13-18H2,1-2H3,(H,33,38)/t21?,23-,24-,26?,27?,29+,30?/m1/s1. The summed E-state index contributed by atoms with van der Waals surface area (Å²) in [5.41, 5.74) is 10.5. The molecular weight excluding hydrogens is 490 g/mol. The summed E-state index contributed by atoms with van der Waals surface area (Å²) in [5, 5.41) is 13.6. The Bertz CT molecular complexity index is 1100. The number of rotatable bonds is 7. The van der Waals surface area contributed by atoms with Gasteiger partial charge < -0.3 is 20.1 Å². The number of hydrazine groups is 1. The van der Waals surface area contributed by atoms with Gasteiger partial charge in [-0.15, -0.1) is 0 Å². The molecule has 8 nitrogen and oxygen atoms in total. The quantitative estimate of drug-likeness (QED) is 0.431. The highest BCUT2D eigenvalue weighted by Gasteiger charge is 2.43. The van der Waals surface area contributed by atoms with Crippen LogP contribution in [0.15, 0.2) is 48.7 Å². The predicted molar refractivity (Wildman–Crippen MR) is 151 cm³/mol. The normalized spacial score (nSPS) is 33.0. The van der Waals surface area contributed by atoms with Crippen molar-refractivity contribution in [3.63, 3.8) is 0 Å². The molecule has 1 aromatic carbocycles. The van der Waals surface area contributed by atoms with Crippen LogP contribution in [-0.2, 0) is 9.53 Å². The van der Waals surface area contributed by atoms with Gasteiger partial charge in [-0.25, -0.2) is 5.43 Å². The lowest BCUT2D eigenvalue weighted by Gasteiger charge is -2.48. The maximum atomic E-state index is 13.5. The number of carbonyl (C=O) groups excluding carboxylic acids is 1. The molecule has 4 aliphatic rings. The number of morpholine rings is 1. The van der Waals surface area contributed by atoms with Crippen LogP contribution in [0.3, 0.4) is 0 Å². The van der Waals surface area contributed by atoms with Gasteiger partial charge in [-0.1, -0.05) is 32.0 Å². The molecule has 4 fully saturated rings. The summed E-state index contributed by atoms with van der Waals surface area (Å²) in [6, 6.07) is 15.8. The highest BCUT2D eigenvalue weighted by molar-refractivity contribution is 5.79. The number of aliphatic hydroxyl groups is 1. The average molecular weight is 534 g/mol. The van der Waals surface area contributed by atoms with Crippen LogP contribution in [0, 0.1) is 17.8 Å². The fraction of sp³-hybridized carbons (Fsp3) is 0.613. The highest BCUT2D eigenvalue weighted by Crippen LogP contribution is 2.41. The molecule has 4 N–H and O–H groups in total. The van der Waals surface area contributed by atoms with E-state index in [4.69, 9.17) is 4.74 Å². The van der Waals surface area contributed by atoms with Crippen molar-refractivity contribution >= 4 is 11.6 Å². The molecule has 0 radical (unpaired) electrons. The van der Waals surface area contributed by atoms with Gasteiger partial charge in [0, 0.05) is 23.8 Å². The third kappa shape index (κ3) is 5.71. The van der Waals surface area contributed by atoms with E-state index in [1.807, 2.05) is 18.2 Å². The Morgan fingerprint density at radius 1 is 1.08 bits per heavy atom. The maximum Gasteiger partial charge on any atom is 0.223 e. The van der Waals surface area contributed by atoms with E-state index >= 15 is 0 Å². The molecule has 210 valence electrons. The van der Waals surface area contributed by atoms with E-state index in [9.17, 15) is 9.90 Å². The third-order valence-electron chi connectivity index (χ3n) is 9.24. The molecule has 4 heterocycles. The number of ether oxygens (including phenoxy) is 1.